The van der Waals surface area contributed by atoms with Crippen LogP contribution in [0.3, 0.4) is 0 Å². The van der Waals surface area contributed by atoms with Crippen LogP contribution in [0.5, 0.6) is 0 Å². The van der Waals surface area contributed by atoms with Crippen LogP contribution in [-0.4, -0.2) is 10.7 Å². The summed E-state index contributed by atoms with van der Waals surface area (Å²) < 4.78 is 0. The zero-order chi connectivity index (χ0) is 11.1. The summed E-state index contributed by atoms with van der Waals surface area (Å²) in [6.45, 7) is 4.36. The molecule has 1 saturated carbocycles. The van der Waals surface area contributed by atoms with E-state index in [0.29, 0.717) is 0 Å². The Labute approximate surface area is 95.3 Å². The highest BCUT2D eigenvalue weighted by atomic mass is 16.3. The first-order valence-electron chi connectivity index (χ1n) is 6.92. The van der Waals surface area contributed by atoms with Gasteiger partial charge in [0, 0.05) is 0 Å². The van der Waals surface area contributed by atoms with Crippen LogP contribution in [0, 0.1) is 5.92 Å². The predicted molar refractivity (Wildman–Crippen MR) is 66.0 cm³/mol. The summed E-state index contributed by atoms with van der Waals surface area (Å²) in [4.78, 5) is 0. The van der Waals surface area contributed by atoms with Gasteiger partial charge in [0.05, 0.1) is 5.60 Å². The Bertz CT molecular complexity index is 153. The monoisotopic (exact) mass is 212 g/mol. The molecule has 1 aliphatic carbocycles. The van der Waals surface area contributed by atoms with Crippen LogP contribution in [0.15, 0.2) is 0 Å². The smallest absolute Gasteiger partial charge is 0.0650 e. The molecule has 0 spiro atoms. The third-order valence-corrected chi connectivity index (χ3v) is 3.82. The van der Waals surface area contributed by atoms with Gasteiger partial charge < -0.3 is 5.11 Å². The molecule has 1 nitrogen and oxygen atoms in total. The van der Waals surface area contributed by atoms with Gasteiger partial charge in [-0.3, -0.25) is 0 Å². The molecule has 1 fully saturated rings. The van der Waals surface area contributed by atoms with Crippen molar-refractivity contribution in [2.24, 2.45) is 5.92 Å². The molecule has 0 aromatic heterocycles. The molecular weight excluding hydrogens is 184 g/mol. The molecule has 0 unspecified atom stereocenters. The molecule has 0 bridgehead atoms. The Morgan fingerprint density at radius 2 is 1.53 bits per heavy atom. The standard InChI is InChI=1S/C14H28O/c1-3-10-14(15,11-4-2)12-13-8-6-5-7-9-13/h13,15H,3-12H2,1-2H3. The Kier molecular flexibility index (Phi) is 5.66. The summed E-state index contributed by atoms with van der Waals surface area (Å²) in [7, 11) is 0. The molecule has 0 aromatic rings. The number of hydrogen-bond acceptors (Lipinski definition) is 1. The van der Waals surface area contributed by atoms with Gasteiger partial charge >= 0.3 is 0 Å². The highest BCUT2D eigenvalue weighted by Gasteiger charge is 2.29. The molecule has 0 atom stereocenters. The van der Waals surface area contributed by atoms with Gasteiger partial charge in [-0.1, -0.05) is 58.8 Å². The van der Waals surface area contributed by atoms with Crippen molar-refractivity contribution in [2.75, 3.05) is 0 Å². The maximum atomic E-state index is 10.6. The van der Waals surface area contributed by atoms with Gasteiger partial charge in [0.1, 0.15) is 0 Å². The van der Waals surface area contributed by atoms with E-state index in [1.54, 1.807) is 0 Å². The van der Waals surface area contributed by atoms with E-state index in [9.17, 15) is 5.11 Å². The van der Waals surface area contributed by atoms with Crippen molar-refractivity contribution < 1.29 is 5.11 Å². The minimum absolute atomic E-state index is 0.342. The largest absolute Gasteiger partial charge is 0.390 e. The summed E-state index contributed by atoms with van der Waals surface area (Å²) in [5.74, 6) is 0.807. The minimum Gasteiger partial charge on any atom is -0.390 e. The van der Waals surface area contributed by atoms with E-state index < -0.39 is 0 Å². The molecular formula is C14H28O. The van der Waals surface area contributed by atoms with Gasteiger partial charge in [0.2, 0.25) is 0 Å². The highest BCUT2D eigenvalue weighted by molar-refractivity contribution is 4.82. The van der Waals surface area contributed by atoms with Crippen LogP contribution in [0.25, 0.3) is 0 Å². The first-order valence-corrected chi connectivity index (χ1v) is 6.92. The van der Waals surface area contributed by atoms with Crippen LogP contribution in [0.2, 0.25) is 0 Å². The van der Waals surface area contributed by atoms with Gasteiger partial charge in [-0.15, -0.1) is 0 Å². The van der Waals surface area contributed by atoms with Gasteiger partial charge in [-0.25, -0.2) is 0 Å². The lowest BCUT2D eigenvalue weighted by atomic mass is 9.77. The molecule has 1 rings (SSSR count). The lowest BCUT2D eigenvalue weighted by molar-refractivity contribution is -0.00681. The maximum absolute atomic E-state index is 10.6. The van der Waals surface area contributed by atoms with Crippen LogP contribution in [0.4, 0.5) is 0 Å². The minimum atomic E-state index is -0.342. The summed E-state index contributed by atoms with van der Waals surface area (Å²) in [5, 5.41) is 10.6. The fraction of sp³-hybridized carbons (Fsp3) is 1.00. The molecule has 0 saturated heterocycles. The zero-order valence-corrected chi connectivity index (χ0v) is 10.6. The van der Waals surface area contributed by atoms with Gasteiger partial charge in [0.15, 0.2) is 0 Å². The molecule has 0 heterocycles. The average molecular weight is 212 g/mol. The van der Waals surface area contributed by atoms with E-state index in [0.717, 1.165) is 38.0 Å². The molecule has 1 aliphatic rings. The van der Waals surface area contributed by atoms with Crippen LogP contribution >= 0.6 is 0 Å². The van der Waals surface area contributed by atoms with Gasteiger partial charge in [-0.05, 0) is 25.2 Å². The van der Waals surface area contributed by atoms with Crippen molar-refractivity contribution in [3.05, 3.63) is 0 Å². The number of aliphatic hydroxyl groups is 1. The molecule has 1 heteroatoms. The molecule has 90 valence electrons. The zero-order valence-electron chi connectivity index (χ0n) is 10.6. The fourth-order valence-electron chi connectivity index (χ4n) is 3.19. The van der Waals surface area contributed by atoms with E-state index in [4.69, 9.17) is 0 Å². The van der Waals surface area contributed by atoms with Crippen molar-refractivity contribution in [1.82, 2.24) is 0 Å². The lowest BCUT2D eigenvalue weighted by Gasteiger charge is -2.33. The van der Waals surface area contributed by atoms with E-state index in [2.05, 4.69) is 13.8 Å². The summed E-state index contributed by atoms with van der Waals surface area (Å²) >= 11 is 0. The summed E-state index contributed by atoms with van der Waals surface area (Å²) in [5.41, 5.74) is -0.342. The number of hydrogen-bond donors (Lipinski definition) is 1. The SMILES string of the molecule is CCCC(O)(CCC)CC1CCCCC1. The van der Waals surface area contributed by atoms with Crippen molar-refractivity contribution in [1.29, 1.82) is 0 Å². The van der Waals surface area contributed by atoms with Crippen LogP contribution in [0.1, 0.15) is 78.1 Å². The molecule has 0 aliphatic heterocycles. The third-order valence-electron chi connectivity index (χ3n) is 3.82. The summed E-state index contributed by atoms with van der Waals surface area (Å²) in [6, 6.07) is 0. The molecule has 0 radical (unpaired) electrons. The van der Waals surface area contributed by atoms with E-state index in [1.807, 2.05) is 0 Å². The first kappa shape index (κ1) is 13.0. The van der Waals surface area contributed by atoms with Crippen LogP contribution in [-0.2, 0) is 0 Å². The van der Waals surface area contributed by atoms with Crippen molar-refractivity contribution in [2.45, 2.75) is 83.7 Å². The van der Waals surface area contributed by atoms with E-state index in [-0.39, 0.29) is 5.60 Å². The Balaban J connectivity index is 2.40. The second-order valence-electron chi connectivity index (χ2n) is 5.43. The molecule has 1 N–H and O–H groups in total. The van der Waals surface area contributed by atoms with E-state index >= 15 is 0 Å². The van der Waals surface area contributed by atoms with Crippen molar-refractivity contribution in [3.63, 3.8) is 0 Å². The fourth-order valence-corrected chi connectivity index (χ4v) is 3.19. The Morgan fingerprint density at radius 1 is 1.00 bits per heavy atom. The number of rotatable bonds is 6. The quantitative estimate of drug-likeness (QED) is 0.696. The van der Waals surface area contributed by atoms with Crippen LogP contribution < -0.4 is 0 Å². The van der Waals surface area contributed by atoms with E-state index in [1.165, 1.54) is 32.1 Å². The predicted octanol–water partition coefficient (Wildman–Crippen LogP) is 4.29. The molecule has 15 heavy (non-hydrogen) atoms. The lowest BCUT2D eigenvalue weighted by Crippen LogP contribution is -2.32. The second-order valence-corrected chi connectivity index (χ2v) is 5.43. The van der Waals surface area contributed by atoms with Crippen molar-refractivity contribution in [3.8, 4) is 0 Å². The topological polar surface area (TPSA) is 20.2 Å². The molecule has 0 aromatic carbocycles. The van der Waals surface area contributed by atoms with Crippen molar-refractivity contribution >= 4 is 0 Å². The second kappa shape index (κ2) is 6.52. The average Bonchev–Trinajstić information content (AvgIpc) is 2.19. The molecule has 0 amide bonds. The summed E-state index contributed by atoms with van der Waals surface area (Å²) in [6.07, 6.45) is 12.2. The van der Waals surface area contributed by atoms with Gasteiger partial charge in [-0.2, -0.15) is 0 Å². The maximum Gasteiger partial charge on any atom is 0.0650 e. The first-order chi connectivity index (χ1) is 7.20. The Hall–Kier alpha value is -0.0400. The Morgan fingerprint density at radius 3 is 2.00 bits per heavy atom. The highest BCUT2D eigenvalue weighted by Crippen LogP contribution is 2.34. The normalized spacial score (nSPS) is 19.4. The van der Waals surface area contributed by atoms with Gasteiger partial charge in [0.25, 0.3) is 0 Å². The third kappa shape index (κ3) is 4.55.